The van der Waals surface area contributed by atoms with E-state index in [1.54, 1.807) is 13.3 Å². The molecule has 7 heteroatoms. The number of anilines is 1. The summed E-state index contributed by atoms with van der Waals surface area (Å²) in [7, 11) is 1.60. The fraction of sp³-hybridized carbons (Fsp3) is 0.143. The average molecular weight is 395 g/mol. The van der Waals surface area contributed by atoms with Crippen molar-refractivity contribution in [1.29, 1.82) is 0 Å². The lowest BCUT2D eigenvalue weighted by molar-refractivity contribution is 0.176. The van der Waals surface area contributed by atoms with Gasteiger partial charge in [-0.3, -0.25) is 5.43 Å². The maximum Gasteiger partial charge on any atom is 0.203 e. The predicted octanol–water partition coefficient (Wildman–Crippen LogP) is 4.80. The van der Waals surface area contributed by atoms with E-state index in [0.29, 0.717) is 24.7 Å². The van der Waals surface area contributed by atoms with E-state index in [4.69, 9.17) is 14.2 Å². The van der Waals surface area contributed by atoms with Crippen LogP contribution in [0, 0.1) is 0 Å². The van der Waals surface area contributed by atoms with Crippen LogP contribution in [0.1, 0.15) is 5.56 Å². The number of hydrogen-bond donors (Lipinski definition) is 1. The minimum Gasteiger partial charge on any atom is -0.498 e. The highest BCUT2D eigenvalue weighted by Gasteiger charge is 2.06. The lowest BCUT2D eigenvalue weighted by atomic mass is 10.2. The topological polar surface area (TPSA) is 65.0 Å². The molecule has 3 aromatic rings. The van der Waals surface area contributed by atoms with Gasteiger partial charge in [0.1, 0.15) is 13.2 Å². The predicted molar refractivity (Wildman–Crippen MR) is 113 cm³/mol. The first kappa shape index (κ1) is 19.4. The highest BCUT2D eigenvalue weighted by Crippen LogP contribution is 2.28. The van der Waals surface area contributed by atoms with Crippen LogP contribution in [0.2, 0.25) is 0 Å². The lowest BCUT2D eigenvalue weighted by Gasteiger charge is -2.11. The number of ether oxygens (including phenoxy) is 3. The second-order valence-corrected chi connectivity index (χ2v) is 6.43. The molecule has 1 N–H and O–H groups in total. The third-order valence-electron chi connectivity index (χ3n) is 3.71. The molecule has 1 aromatic heterocycles. The highest BCUT2D eigenvalue weighted by atomic mass is 32.1. The molecule has 0 bridgehead atoms. The van der Waals surface area contributed by atoms with Gasteiger partial charge in [0.15, 0.2) is 11.5 Å². The van der Waals surface area contributed by atoms with Crippen molar-refractivity contribution >= 4 is 22.7 Å². The van der Waals surface area contributed by atoms with Crippen molar-refractivity contribution in [1.82, 2.24) is 4.98 Å². The number of methoxy groups -OCH3 is 1. The van der Waals surface area contributed by atoms with Gasteiger partial charge in [-0.05, 0) is 23.8 Å². The molecule has 0 saturated heterocycles. The Kier molecular flexibility index (Phi) is 7.03. The molecule has 0 aliphatic rings. The molecule has 6 nitrogen and oxygen atoms in total. The van der Waals surface area contributed by atoms with Gasteiger partial charge in [0, 0.05) is 10.9 Å². The summed E-state index contributed by atoms with van der Waals surface area (Å²) in [5.41, 5.74) is 5.84. The Bertz CT molecular complexity index is 926. The highest BCUT2D eigenvalue weighted by molar-refractivity contribution is 7.14. The van der Waals surface area contributed by atoms with Crippen LogP contribution in [0.25, 0.3) is 11.3 Å². The first-order valence-corrected chi connectivity index (χ1v) is 9.51. The largest absolute Gasteiger partial charge is 0.498 e. The van der Waals surface area contributed by atoms with Gasteiger partial charge >= 0.3 is 0 Å². The number of aromatic nitrogens is 1. The van der Waals surface area contributed by atoms with Gasteiger partial charge in [-0.2, -0.15) is 5.10 Å². The maximum absolute atomic E-state index is 5.64. The summed E-state index contributed by atoms with van der Waals surface area (Å²) >= 11 is 1.50. The van der Waals surface area contributed by atoms with Crippen LogP contribution >= 0.6 is 11.3 Å². The molecule has 28 heavy (non-hydrogen) atoms. The SMILES string of the molecule is C=COCCOc1ccc(C=NNc2nc(-c3ccccc3)cs2)cc1OC. The van der Waals surface area contributed by atoms with Gasteiger partial charge in [-0.25, -0.2) is 4.98 Å². The van der Waals surface area contributed by atoms with Gasteiger partial charge in [0.05, 0.1) is 25.3 Å². The van der Waals surface area contributed by atoms with Crippen molar-refractivity contribution in [2.24, 2.45) is 5.10 Å². The van der Waals surface area contributed by atoms with Crippen LogP contribution < -0.4 is 14.9 Å². The first-order chi connectivity index (χ1) is 13.8. The molecule has 0 atom stereocenters. The molecule has 0 amide bonds. The van der Waals surface area contributed by atoms with Crippen molar-refractivity contribution < 1.29 is 14.2 Å². The Morgan fingerprint density at radius 1 is 1.14 bits per heavy atom. The van der Waals surface area contributed by atoms with Crippen LogP contribution in [0.3, 0.4) is 0 Å². The molecule has 1 heterocycles. The summed E-state index contributed by atoms with van der Waals surface area (Å²) in [5, 5.41) is 6.98. The number of nitrogens with one attached hydrogen (secondary N) is 1. The van der Waals surface area contributed by atoms with Crippen molar-refractivity contribution in [3.05, 3.63) is 72.3 Å². The van der Waals surface area contributed by atoms with E-state index in [-0.39, 0.29) is 0 Å². The molecular weight excluding hydrogens is 374 g/mol. The molecular formula is C21H21N3O3S. The average Bonchev–Trinajstić information content (AvgIpc) is 3.21. The normalized spacial score (nSPS) is 10.6. The quantitative estimate of drug-likeness (QED) is 0.231. The zero-order valence-electron chi connectivity index (χ0n) is 15.5. The monoisotopic (exact) mass is 395 g/mol. The minimum atomic E-state index is 0.408. The zero-order chi connectivity index (χ0) is 19.6. The Morgan fingerprint density at radius 3 is 2.79 bits per heavy atom. The van der Waals surface area contributed by atoms with Crippen LogP contribution in [0.4, 0.5) is 5.13 Å². The number of benzene rings is 2. The third-order valence-corrected chi connectivity index (χ3v) is 4.46. The Labute approximate surface area is 168 Å². The van der Waals surface area contributed by atoms with E-state index in [9.17, 15) is 0 Å². The van der Waals surface area contributed by atoms with Crippen LogP contribution in [-0.4, -0.2) is 31.5 Å². The second-order valence-electron chi connectivity index (χ2n) is 5.57. The Hall–Kier alpha value is -3.32. The van der Waals surface area contributed by atoms with Gasteiger partial charge in [0.2, 0.25) is 5.13 Å². The summed E-state index contributed by atoms with van der Waals surface area (Å²) < 4.78 is 16.1. The molecule has 0 radical (unpaired) electrons. The molecule has 0 aliphatic heterocycles. The molecule has 3 rings (SSSR count). The van der Waals surface area contributed by atoms with E-state index < -0.39 is 0 Å². The smallest absolute Gasteiger partial charge is 0.203 e. The van der Waals surface area contributed by atoms with Crippen molar-refractivity contribution in [2.75, 3.05) is 25.7 Å². The minimum absolute atomic E-state index is 0.408. The number of hydrogen-bond acceptors (Lipinski definition) is 7. The van der Waals surface area contributed by atoms with Crippen molar-refractivity contribution in [2.45, 2.75) is 0 Å². The summed E-state index contributed by atoms with van der Waals surface area (Å²) in [6.45, 7) is 4.33. The molecule has 0 unspecified atom stereocenters. The van der Waals surface area contributed by atoms with E-state index in [0.717, 1.165) is 22.0 Å². The fourth-order valence-electron chi connectivity index (χ4n) is 2.40. The Balaban J connectivity index is 1.59. The number of nitrogens with zero attached hydrogens (tertiary/aromatic N) is 2. The van der Waals surface area contributed by atoms with Crippen LogP contribution in [-0.2, 0) is 4.74 Å². The molecule has 0 saturated carbocycles. The third kappa shape index (κ3) is 5.34. The summed E-state index contributed by atoms with van der Waals surface area (Å²) in [6, 6.07) is 15.6. The standard InChI is InChI=1S/C21H21N3O3S/c1-3-26-11-12-27-19-10-9-16(13-20(19)25-2)14-22-24-21-23-18(15-28-21)17-7-5-4-6-8-17/h3-10,13-15H,1,11-12H2,2H3,(H,23,24). The van der Waals surface area contributed by atoms with Gasteiger partial charge in [-0.1, -0.05) is 36.9 Å². The lowest BCUT2D eigenvalue weighted by Crippen LogP contribution is -2.05. The summed E-state index contributed by atoms with van der Waals surface area (Å²) in [6.07, 6.45) is 3.09. The molecule has 0 spiro atoms. The number of hydrazone groups is 1. The van der Waals surface area contributed by atoms with Crippen molar-refractivity contribution in [3.63, 3.8) is 0 Å². The van der Waals surface area contributed by atoms with Crippen LogP contribution in [0.5, 0.6) is 11.5 Å². The maximum atomic E-state index is 5.64. The van der Waals surface area contributed by atoms with Gasteiger partial charge in [-0.15, -0.1) is 11.3 Å². The molecule has 2 aromatic carbocycles. The van der Waals surface area contributed by atoms with E-state index in [1.807, 2.05) is 53.9 Å². The fourth-order valence-corrected chi connectivity index (χ4v) is 3.06. The molecule has 0 aliphatic carbocycles. The summed E-state index contributed by atoms with van der Waals surface area (Å²) in [5.74, 6) is 1.27. The first-order valence-electron chi connectivity index (χ1n) is 8.63. The number of thiazole rings is 1. The second kappa shape index (κ2) is 10.1. The van der Waals surface area contributed by atoms with E-state index in [2.05, 4.69) is 22.1 Å². The van der Waals surface area contributed by atoms with Gasteiger partial charge < -0.3 is 14.2 Å². The molecule has 144 valence electrons. The number of rotatable bonds is 10. The van der Waals surface area contributed by atoms with Crippen molar-refractivity contribution in [3.8, 4) is 22.8 Å². The van der Waals surface area contributed by atoms with E-state index >= 15 is 0 Å². The summed E-state index contributed by atoms with van der Waals surface area (Å²) in [4.78, 5) is 4.54. The van der Waals surface area contributed by atoms with Crippen LogP contribution in [0.15, 0.2) is 71.9 Å². The Morgan fingerprint density at radius 2 is 2.00 bits per heavy atom. The zero-order valence-corrected chi connectivity index (χ0v) is 16.3. The van der Waals surface area contributed by atoms with E-state index in [1.165, 1.54) is 17.6 Å². The van der Waals surface area contributed by atoms with Gasteiger partial charge in [0.25, 0.3) is 0 Å². The molecule has 0 fully saturated rings.